The molecule has 0 radical (unpaired) electrons. The van der Waals surface area contributed by atoms with Crippen molar-refractivity contribution in [3.05, 3.63) is 87.2 Å². The molecule has 8 nitrogen and oxygen atoms in total. The summed E-state index contributed by atoms with van der Waals surface area (Å²) in [4.78, 5) is 12.0. The number of carboxylic acid groups (broad SMARTS) is 1. The van der Waals surface area contributed by atoms with Crippen LogP contribution in [0.15, 0.2) is 85.7 Å². The molecule has 184 valence electrons. The van der Waals surface area contributed by atoms with Gasteiger partial charge in [0.15, 0.2) is 0 Å². The van der Waals surface area contributed by atoms with Crippen LogP contribution in [-0.2, 0) is 11.4 Å². The van der Waals surface area contributed by atoms with Crippen molar-refractivity contribution in [1.29, 1.82) is 0 Å². The van der Waals surface area contributed by atoms with Crippen molar-refractivity contribution < 1.29 is 28.5 Å². The fraction of sp³-hybridized carbons (Fsp3) is 0.115. The van der Waals surface area contributed by atoms with E-state index < -0.39 is 5.97 Å². The largest absolute Gasteiger partial charge is 0.497 e. The fourth-order valence-corrected chi connectivity index (χ4v) is 4.21. The quantitative estimate of drug-likeness (QED) is 0.174. The molecule has 10 heteroatoms. The van der Waals surface area contributed by atoms with Crippen LogP contribution in [0.1, 0.15) is 11.1 Å². The van der Waals surface area contributed by atoms with E-state index in [0.29, 0.717) is 35.0 Å². The maximum atomic E-state index is 12.1. The Morgan fingerprint density at radius 1 is 1.03 bits per heavy atom. The summed E-state index contributed by atoms with van der Waals surface area (Å²) in [5.41, 5.74) is 2.16. The van der Waals surface area contributed by atoms with Gasteiger partial charge in [-0.15, -0.1) is 10.2 Å². The van der Waals surface area contributed by atoms with E-state index in [0.717, 1.165) is 21.8 Å². The predicted molar refractivity (Wildman–Crippen MR) is 139 cm³/mol. The van der Waals surface area contributed by atoms with Gasteiger partial charge in [-0.2, -0.15) is 0 Å². The van der Waals surface area contributed by atoms with E-state index in [1.165, 1.54) is 20.3 Å². The number of aliphatic carboxylic acids is 1. The molecule has 0 bridgehead atoms. The second-order valence-corrected chi connectivity index (χ2v) is 9.26. The zero-order chi connectivity index (χ0) is 25.5. The molecule has 0 aliphatic heterocycles. The first-order valence-corrected chi connectivity index (χ1v) is 12.2. The minimum absolute atomic E-state index is 0.0175. The van der Waals surface area contributed by atoms with Crippen LogP contribution in [0.5, 0.6) is 17.2 Å². The number of ether oxygens (including phenoxy) is 3. The zero-order valence-electron chi connectivity index (χ0n) is 19.3. The number of hydrogen-bond acceptors (Lipinski definition) is 8. The molecule has 0 spiro atoms. The molecule has 0 unspecified atom stereocenters. The summed E-state index contributed by atoms with van der Waals surface area (Å²) in [6.45, 7) is 0.343. The molecule has 0 aliphatic carbocycles. The number of halogens is 1. The van der Waals surface area contributed by atoms with Gasteiger partial charge in [0, 0.05) is 21.7 Å². The summed E-state index contributed by atoms with van der Waals surface area (Å²) in [7, 11) is 3.08. The average Bonchev–Trinajstić information content (AvgIpc) is 3.36. The zero-order valence-corrected chi connectivity index (χ0v) is 21.7. The first-order valence-electron chi connectivity index (χ1n) is 10.6. The number of methoxy groups -OCH3 is 2. The fourth-order valence-electron chi connectivity index (χ4n) is 3.17. The van der Waals surface area contributed by atoms with E-state index in [1.807, 2.05) is 36.4 Å². The Balaban J connectivity index is 1.59. The van der Waals surface area contributed by atoms with Gasteiger partial charge in [0.25, 0.3) is 5.22 Å². The topological polar surface area (TPSA) is 104 Å². The Kier molecular flexibility index (Phi) is 8.29. The van der Waals surface area contributed by atoms with Crippen LogP contribution in [0.2, 0.25) is 0 Å². The van der Waals surface area contributed by atoms with Crippen molar-refractivity contribution in [2.45, 2.75) is 11.8 Å². The van der Waals surface area contributed by atoms with Gasteiger partial charge in [0.2, 0.25) is 5.89 Å². The van der Waals surface area contributed by atoms with Crippen LogP contribution in [0.3, 0.4) is 0 Å². The number of rotatable bonds is 10. The lowest BCUT2D eigenvalue weighted by atomic mass is 10.2. The minimum Gasteiger partial charge on any atom is -0.497 e. The van der Waals surface area contributed by atoms with Crippen molar-refractivity contribution in [3.8, 4) is 28.7 Å². The lowest BCUT2D eigenvalue weighted by Crippen LogP contribution is -1.99. The first kappa shape index (κ1) is 25.3. The average molecular weight is 569 g/mol. The lowest BCUT2D eigenvalue weighted by Gasteiger charge is -2.10. The highest BCUT2D eigenvalue weighted by Gasteiger charge is 2.18. The summed E-state index contributed by atoms with van der Waals surface area (Å²) < 4.78 is 23.0. The molecule has 0 atom stereocenters. The van der Waals surface area contributed by atoms with Crippen molar-refractivity contribution in [1.82, 2.24) is 10.2 Å². The molecular weight excluding hydrogens is 548 g/mol. The Morgan fingerprint density at radius 3 is 2.42 bits per heavy atom. The van der Waals surface area contributed by atoms with Crippen LogP contribution >= 0.6 is 27.7 Å². The third-order valence-electron chi connectivity index (χ3n) is 4.91. The normalized spacial score (nSPS) is 11.2. The van der Waals surface area contributed by atoms with Crippen molar-refractivity contribution >= 4 is 39.7 Å². The minimum atomic E-state index is -1.14. The monoisotopic (exact) mass is 568 g/mol. The van der Waals surface area contributed by atoms with E-state index in [1.54, 1.807) is 30.3 Å². The van der Waals surface area contributed by atoms with Gasteiger partial charge < -0.3 is 23.7 Å². The molecule has 1 aromatic heterocycles. The summed E-state index contributed by atoms with van der Waals surface area (Å²) >= 11 is 4.28. The molecule has 36 heavy (non-hydrogen) atoms. The smallest absolute Gasteiger partial charge is 0.342 e. The third kappa shape index (κ3) is 6.46. The number of aromatic nitrogens is 2. The molecule has 0 aliphatic rings. The molecule has 1 N–H and O–H groups in total. The van der Waals surface area contributed by atoms with E-state index in [4.69, 9.17) is 18.6 Å². The van der Waals surface area contributed by atoms with E-state index in [-0.39, 0.29) is 16.0 Å². The second kappa shape index (κ2) is 11.8. The summed E-state index contributed by atoms with van der Waals surface area (Å²) in [5.74, 6) is 0.711. The SMILES string of the molecule is COc1cc(OC)cc(-c2nnc(S/C(=C\c3cc(Br)ccc3OCc3ccccc3)C(=O)O)o2)c1. The molecule has 4 rings (SSSR count). The van der Waals surface area contributed by atoms with Gasteiger partial charge in [0.05, 0.1) is 14.2 Å². The predicted octanol–water partition coefficient (Wildman–Crippen LogP) is 6.31. The van der Waals surface area contributed by atoms with Crippen LogP contribution in [0.25, 0.3) is 17.5 Å². The highest BCUT2D eigenvalue weighted by atomic mass is 79.9. The van der Waals surface area contributed by atoms with Gasteiger partial charge in [-0.25, -0.2) is 4.79 Å². The summed E-state index contributed by atoms with van der Waals surface area (Å²) in [6, 6.07) is 20.3. The van der Waals surface area contributed by atoms with Crippen LogP contribution < -0.4 is 14.2 Å². The first-order chi connectivity index (χ1) is 17.4. The third-order valence-corrected chi connectivity index (χ3v) is 6.25. The van der Waals surface area contributed by atoms with Crippen molar-refractivity contribution in [3.63, 3.8) is 0 Å². The molecule has 0 saturated carbocycles. The Hall–Kier alpha value is -3.76. The number of benzene rings is 3. The number of carboxylic acids is 1. The van der Waals surface area contributed by atoms with Gasteiger partial charge in [-0.1, -0.05) is 46.3 Å². The maximum Gasteiger partial charge on any atom is 0.342 e. The Bertz CT molecular complexity index is 1370. The number of thioether (sulfide) groups is 1. The molecule has 4 aromatic rings. The highest BCUT2D eigenvalue weighted by Crippen LogP contribution is 2.34. The Morgan fingerprint density at radius 2 is 1.75 bits per heavy atom. The Labute approximate surface area is 220 Å². The maximum absolute atomic E-state index is 12.1. The second-order valence-electron chi connectivity index (χ2n) is 7.35. The van der Waals surface area contributed by atoms with E-state index >= 15 is 0 Å². The van der Waals surface area contributed by atoms with Gasteiger partial charge in [-0.3, -0.25) is 0 Å². The number of hydrogen-bond donors (Lipinski definition) is 1. The van der Waals surface area contributed by atoms with Crippen molar-refractivity contribution in [2.24, 2.45) is 0 Å². The van der Waals surface area contributed by atoms with Crippen molar-refractivity contribution in [2.75, 3.05) is 14.2 Å². The summed E-state index contributed by atoms with van der Waals surface area (Å²) in [5, 5.41) is 18.0. The van der Waals surface area contributed by atoms with Crippen LogP contribution in [0.4, 0.5) is 0 Å². The summed E-state index contributed by atoms with van der Waals surface area (Å²) in [6.07, 6.45) is 1.51. The van der Waals surface area contributed by atoms with Gasteiger partial charge in [0.1, 0.15) is 28.8 Å². The molecule has 0 saturated heterocycles. The molecule has 0 amide bonds. The van der Waals surface area contributed by atoms with E-state index in [9.17, 15) is 9.90 Å². The molecule has 3 aromatic carbocycles. The molecular formula is C26H21BrN2O6S. The molecule has 1 heterocycles. The standard InChI is InChI=1S/C26H21BrN2O6S/c1-32-20-11-18(12-21(14-20)33-2)24-28-29-26(35-24)36-23(25(30)31)13-17-10-19(27)8-9-22(17)34-15-16-6-4-3-5-7-16/h3-14H,15H2,1-2H3,(H,30,31)/b23-13-. The highest BCUT2D eigenvalue weighted by molar-refractivity contribution is 9.10. The number of nitrogens with zero attached hydrogens (tertiary/aromatic N) is 2. The van der Waals surface area contributed by atoms with Crippen LogP contribution in [0, 0.1) is 0 Å². The van der Waals surface area contributed by atoms with Crippen LogP contribution in [-0.4, -0.2) is 35.5 Å². The van der Waals surface area contributed by atoms with Gasteiger partial charge >= 0.3 is 5.97 Å². The van der Waals surface area contributed by atoms with Gasteiger partial charge in [-0.05, 0) is 53.7 Å². The molecule has 0 fully saturated rings. The van der Waals surface area contributed by atoms with E-state index in [2.05, 4.69) is 26.1 Å². The lowest BCUT2D eigenvalue weighted by molar-refractivity contribution is -0.131. The number of carbonyl (C=O) groups is 1.